The van der Waals surface area contributed by atoms with E-state index in [1.807, 2.05) is 0 Å². The summed E-state index contributed by atoms with van der Waals surface area (Å²) < 4.78 is 93.9. The van der Waals surface area contributed by atoms with Gasteiger partial charge >= 0.3 is 13.6 Å². The second kappa shape index (κ2) is 11.4. The molecule has 26 heteroatoms. The van der Waals surface area contributed by atoms with Gasteiger partial charge in [0.2, 0.25) is 11.9 Å². The van der Waals surface area contributed by atoms with Crippen LogP contribution in [0.4, 0.5) is 20.7 Å². The number of ether oxygens (including phenoxy) is 2. The third-order valence-corrected chi connectivity index (χ3v) is 10.5. The molecule has 0 unspecified atom stereocenters. The highest BCUT2D eigenvalue weighted by molar-refractivity contribution is 8.44. The van der Waals surface area contributed by atoms with Crippen molar-refractivity contribution in [2.75, 3.05) is 24.7 Å². The molecule has 7 rings (SSSR count). The fourth-order valence-corrected chi connectivity index (χ4v) is 8.28. The van der Waals surface area contributed by atoms with E-state index < -0.39 is 87.1 Å². The van der Waals surface area contributed by atoms with Crippen molar-refractivity contribution < 1.29 is 45.5 Å². The molecule has 0 saturated carbocycles. The van der Waals surface area contributed by atoms with Gasteiger partial charge in [-0.2, -0.15) is 9.97 Å². The average Bonchev–Trinajstić information content (AvgIpc) is 3.72. The van der Waals surface area contributed by atoms with Gasteiger partial charge < -0.3 is 20.9 Å². The lowest BCUT2D eigenvalue weighted by molar-refractivity contribution is -0.0544. The Hall–Kier alpha value is -2.92. The second-order valence-corrected chi connectivity index (χ2v) is 16.0. The van der Waals surface area contributed by atoms with E-state index in [2.05, 4.69) is 54.4 Å². The predicted molar refractivity (Wildman–Crippen MR) is 158 cm³/mol. The van der Waals surface area contributed by atoms with Crippen LogP contribution in [0.25, 0.3) is 22.3 Å². The molecule has 0 bridgehead atoms. The Morgan fingerprint density at radius 3 is 1.57 bits per heavy atom. The van der Waals surface area contributed by atoms with E-state index in [0.29, 0.717) is 0 Å². The Morgan fingerprint density at radius 1 is 0.783 bits per heavy atom. The molecule has 3 saturated heterocycles. The molecule has 7 heterocycles. The van der Waals surface area contributed by atoms with E-state index in [4.69, 9.17) is 39.0 Å². The van der Waals surface area contributed by atoms with Crippen LogP contribution in [-0.2, 0) is 36.7 Å². The van der Waals surface area contributed by atoms with Crippen LogP contribution in [0.3, 0.4) is 0 Å². The zero-order chi connectivity index (χ0) is 32.7. The molecule has 6 N–H and O–H groups in total. The number of nitrogens with zero attached hydrogens (tertiary/aromatic N) is 6. The fourth-order valence-electron chi connectivity index (χ4n) is 5.32. The largest absolute Gasteiger partial charge is 0.386 e. The molecule has 4 aromatic rings. The number of hydrogen-bond acceptors (Lipinski definition) is 16. The average molecular weight is 727 g/mol. The van der Waals surface area contributed by atoms with E-state index in [1.54, 1.807) is 0 Å². The van der Waals surface area contributed by atoms with E-state index in [0.717, 1.165) is 21.8 Å². The summed E-state index contributed by atoms with van der Waals surface area (Å²) in [4.78, 5) is 44.7. The van der Waals surface area contributed by atoms with Crippen molar-refractivity contribution in [2.24, 2.45) is 0 Å². The van der Waals surface area contributed by atoms with Crippen LogP contribution in [0.1, 0.15) is 12.5 Å². The highest BCUT2D eigenvalue weighted by Crippen LogP contribution is 2.60. The molecule has 46 heavy (non-hydrogen) atoms. The molecular formula is C20H22F2N10O10P2S2. The number of aromatic amines is 2. The zero-order valence-electron chi connectivity index (χ0n) is 22.7. The number of halogens is 2. The number of imidazole rings is 2. The highest BCUT2D eigenvalue weighted by atomic mass is 32.7. The number of hydrogen-bond donors (Lipinski definition) is 6. The van der Waals surface area contributed by atoms with Gasteiger partial charge in [-0.3, -0.25) is 46.8 Å². The first-order chi connectivity index (χ1) is 21.7. The summed E-state index contributed by atoms with van der Waals surface area (Å²) in [5, 5.41) is 0. The minimum absolute atomic E-state index is 0.137. The SMILES string of the molecule is Nc1nc2c(ncn2[C@@H]2O[C@@H]3CO[P@@](=O)(S)O[C@H]4[C@@H](F)[C@H](n5cnc6c(=O)[nH]c(N)nc65)O[C@@H]4CO[P@@](=O)(S)O[C@H]3[C@H]2F)c(=O)[nH]1. The van der Waals surface area contributed by atoms with E-state index in [1.165, 1.54) is 0 Å². The summed E-state index contributed by atoms with van der Waals surface area (Å²) >= 11 is 7.90. The zero-order valence-corrected chi connectivity index (χ0v) is 26.2. The standard InChI is InChI=1S/C20H22F2N10O10P2S2/c21-7-11-5(39-17(7)31-3-25-9-13(31)27-19(23)29-15(9)33)1-37-43(35,45)42-12-6(2-38-44(36,46)41-11)40-18(8(12)22)32-4-26-10-14(32)28-20(24)30-16(10)34/h3-8,11-12,17-18H,1-2H2,(H,35,45)(H,36,46)(H3,23,27,29,33)(H3,24,28,30,34)/t5-,6-,7-,8-,11-,12-,17-,18-,43-,44-/m1/s1. The van der Waals surface area contributed by atoms with E-state index in [9.17, 15) is 18.7 Å². The maximum absolute atomic E-state index is 16.0. The monoisotopic (exact) mass is 726 g/mol. The Morgan fingerprint density at radius 2 is 1.17 bits per heavy atom. The van der Waals surface area contributed by atoms with Crippen molar-refractivity contribution in [3.05, 3.63) is 33.4 Å². The van der Waals surface area contributed by atoms with E-state index in [-0.39, 0.29) is 34.2 Å². The van der Waals surface area contributed by atoms with Gasteiger partial charge in [-0.15, -0.1) is 0 Å². The summed E-state index contributed by atoms with van der Waals surface area (Å²) in [5.74, 6) is -0.562. The molecule has 4 aromatic heterocycles. The van der Waals surface area contributed by atoms with Crippen molar-refractivity contribution in [3.63, 3.8) is 0 Å². The normalized spacial score (nSPS) is 37.1. The second-order valence-electron chi connectivity index (χ2n) is 10.2. The van der Waals surface area contributed by atoms with Crippen LogP contribution >= 0.6 is 38.1 Å². The third kappa shape index (κ3) is 5.55. The van der Waals surface area contributed by atoms with Gasteiger partial charge in [0.25, 0.3) is 11.1 Å². The lowest BCUT2D eigenvalue weighted by Gasteiger charge is -2.28. The molecule has 20 nitrogen and oxygen atoms in total. The van der Waals surface area contributed by atoms with Crippen molar-refractivity contribution in [1.29, 1.82) is 0 Å². The molecule has 3 aliphatic rings. The maximum atomic E-state index is 16.0. The van der Waals surface area contributed by atoms with Gasteiger partial charge in [0, 0.05) is 0 Å². The van der Waals surface area contributed by atoms with Crippen LogP contribution in [0.2, 0.25) is 0 Å². The number of anilines is 2. The summed E-state index contributed by atoms with van der Waals surface area (Å²) in [7, 11) is 0. The number of aromatic nitrogens is 8. The van der Waals surface area contributed by atoms with Gasteiger partial charge in [-0.1, -0.05) is 24.5 Å². The first kappa shape index (κ1) is 31.7. The molecular weight excluding hydrogens is 704 g/mol. The number of nitrogen functional groups attached to an aromatic ring is 2. The Labute approximate surface area is 263 Å². The first-order valence-electron chi connectivity index (χ1n) is 13.1. The molecule has 0 amide bonds. The van der Waals surface area contributed by atoms with Gasteiger partial charge in [0.05, 0.1) is 25.9 Å². The van der Waals surface area contributed by atoms with Crippen LogP contribution in [0.5, 0.6) is 0 Å². The number of nitrogens with one attached hydrogen (secondary N) is 2. The van der Waals surface area contributed by atoms with Gasteiger partial charge in [-0.25, -0.2) is 27.9 Å². The number of alkyl halides is 2. The summed E-state index contributed by atoms with van der Waals surface area (Å²) in [6.07, 6.45) is -11.7. The lowest BCUT2D eigenvalue weighted by Crippen LogP contribution is -2.36. The quantitative estimate of drug-likeness (QED) is 0.123. The van der Waals surface area contributed by atoms with Crippen LogP contribution in [-0.4, -0.2) is 89.0 Å². The summed E-state index contributed by atoms with van der Waals surface area (Å²) in [6, 6.07) is 0. The van der Waals surface area contributed by atoms with Crippen LogP contribution in [0.15, 0.2) is 22.2 Å². The lowest BCUT2D eigenvalue weighted by atomic mass is 10.1. The van der Waals surface area contributed by atoms with Crippen molar-refractivity contribution in [1.82, 2.24) is 39.0 Å². The Balaban J connectivity index is 1.18. The number of fused-ring (bicyclic) bond motifs is 4. The van der Waals surface area contributed by atoms with Crippen molar-refractivity contribution in [2.45, 2.75) is 49.2 Å². The maximum Gasteiger partial charge on any atom is 0.386 e. The molecule has 10 atom stereocenters. The predicted octanol–water partition coefficient (Wildman–Crippen LogP) is 0.781. The Kier molecular flexibility index (Phi) is 7.82. The summed E-state index contributed by atoms with van der Waals surface area (Å²) in [5.41, 5.74) is 9.24. The van der Waals surface area contributed by atoms with Crippen LogP contribution in [0, 0.1) is 0 Å². The minimum Gasteiger partial charge on any atom is -0.369 e. The van der Waals surface area contributed by atoms with Crippen LogP contribution < -0.4 is 22.6 Å². The van der Waals surface area contributed by atoms with Crippen molar-refractivity contribution in [3.8, 4) is 0 Å². The smallest absolute Gasteiger partial charge is 0.369 e. The van der Waals surface area contributed by atoms with E-state index >= 15 is 8.78 Å². The molecule has 0 aliphatic carbocycles. The molecule has 0 spiro atoms. The molecule has 3 aliphatic heterocycles. The number of nitrogens with two attached hydrogens (primary N) is 2. The third-order valence-electron chi connectivity index (χ3n) is 7.30. The van der Waals surface area contributed by atoms with Crippen molar-refractivity contribution >= 4 is 72.3 Å². The minimum atomic E-state index is -4.48. The number of thiol groups is 2. The highest BCUT2D eigenvalue weighted by Gasteiger charge is 2.54. The summed E-state index contributed by atoms with van der Waals surface area (Å²) in [6.45, 7) is -10.4. The van der Waals surface area contributed by atoms with Gasteiger partial charge in [-0.05, 0) is 0 Å². The number of H-pyrrole nitrogens is 2. The molecule has 248 valence electrons. The first-order valence-corrected chi connectivity index (χ1v) is 18.5. The van der Waals surface area contributed by atoms with Gasteiger partial charge in [0.15, 0.2) is 47.1 Å². The Bertz CT molecular complexity index is 1920. The molecule has 0 radical (unpaired) electrons. The molecule has 3 fully saturated rings. The van der Waals surface area contributed by atoms with Gasteiger partial charge in [0.1, 0.15) is 24.4 Å². The molecule has 0 aromatic carbocycles. The topological polar surface area (TPSA) is 269 Å². The number of rotatable bonds is 2. The fraction of sp³-hybridized carbons (Fsp3) is 0.500.